The fraction of sp³-hybridized carbons (Fsp3) is 0.118. The maximum atomic E-state index is 12.0. The van der Waals surface area contributed by atoms with Gasteiger partial charge in [-0.05, 0) is 36.6 Å². The van der Waals surface area contributed by atoms with Crippen LogP contribution in [0.25, 0.3) is 10.9 Å². The van der Waals surface area contributed by atoms with Crippen LogP contribution in [0.5, 0.6) is 0 Å². The van der Waals surface area contributed by atoms with Crippen LogP contribution in [-0.2, 0) is 11.2 Å². The third-order valence-corrected chi connectivity index (χ3v) is 3.38. The number of amides is 1. The Kier molecular flexibility index (Phi) is 3.96. The molecular formula is C17H16N4O. The lowest BCUT2D eigenvalue weighted by atomic mass is 10.2. The molecule has 5 heteroatoms. The van der Waals surface area contributed by atoms with Gasteiger partial charge in [0.05, 0.1) is 12.1 Å². The van der Waals surface area contributed by atoms with Crippen LogP contribution in [0.2, 0.25) is 0 Å². The van der Waals surface area contributed by atoms with E-state index in [1.807, 2.05) is 49.4 Å². The zero-order chi connectivity index (χ0) is 15.4. The third-order valence-electron chi connectivity index (χ3n) is 3.38. The molecule has 0 bridgehead atoms. The standard InChI is InChI=1S/C17H16N4O/c1-12(13-6-8-18-9-7-13)20-21-17(22)11-15-10-14-4-2-3-5-16(14)19-15/h2-10,19H,11H2,1H3,(H,21,22)/b20-12+. The van der Waals surface area contributed by atoms with Gasteiger partial charge in [-0.3, -0.25) is 9.78 Å². The monoisotopic (exact) mass is 292 g/mol. The highest BCUT2D eigenvalue weighted by molar-refractivity contribution is 5.99. The van der Waals surface area contributed by atoms with Gasteiger partial charge in [-0.1, -0.05) is 18.2 Å². The summed E-state index contributed by atoms with van der Waals surface area (Å²) in [5, 5.41) is 5.22. The zero-order valence-electron chi connectivity index (χ0n) is 12.2. The molecule has 0 fully saturated rings. The Hall–Kier alpha value is -2.95. The Balaban J connectivity index is 1.65. The van der Waals surface area contributed by atoms with Crippen LogP contribution in [0.1, 0.15) is 18.2 Å². The quantitative estimate of drug-likeness (QED) is 0.573. The average Bonchev–Trinajstić information content (AvgIpc) is 2.95. The van der Waals surface area contributed by atoms with E-state index in [1.54, 1.807) is 12.4 Å². The number of H-pyrrole nitrogens is 1. The molecule has 0 radical (unpaired) electrons. The van der Waals surface area contributed by atoms with Gasteiger partial charge in [0.15, 0.2) is 0 Å². The number of hydrogen-bond acceptors (Lipinski definition) is 3. The van der Waals surface area contributed by atoms with Gasteiger partial charge in [0.1, 0.15) is 0 Å². The van der Waals surface area contributed by atoms with E-state index in [0.29, 0.717) is 0 Å². The molecule has 0 saturated heterocycles. The molecule has 3 aromatic rings. The summed E-state index contributed by atoms with van der Waals surface area (Å²) in [5.74, 6) is -0.153. The van der Waals surface area contributed by atoms with Gasteiger partial charge in [-0.2, -0.15) is 5.10 Å². The average molecular weight is 292 g/mol. The van der Waals surface area contributed by atoms with Crippen molar-refractivity contribution in [2.75, 3.05) is 0 Å². The first kappa shape index (κ1) is 14.0. The molecule has 0 unspecified atom stereocenters. The summed E-state index contributed by atoms with van der Waals surface area (Å²) in [7, 11) is 0. The van der Waals surface area contributed by atoms with Crippen LogP contribution in [0.3, 0.4) is 0 Å². The molecule has 1 amide bonds. The topological polar surface area (TPSA) is 70.1 Å². The summed E-state index contributed by atoms with van der Waals surface area (Å²) >= 11 is 0. The van der Waals surface area contributed by atoms with Gasteiger partial charge < -0.3 is 4.98 Å². The number of pyridine rings is 1. The van der Waals surface area contributed by atoms with E-state index in [4.69, 9.17) is 0 Å². The number of aromatic nitrogens is 2. The summed E-state index contributed by atoms with van der Waals surface area (Å²) < 4.78 is 0. The normalized spacial score (nSPS) is 11.6. The van der Waals surface area contributed by atoms with Gasteiger partial charge in [-0.15, -0.1) is 0 Å². The number of benzene rings is 1. The summed E-state index contributed by atoms with van der Waals surface area (Å²) in [6, 6.07) is 13.6. The van der Waals surface area contributed by atoms with E-state index in [9.17, 15) is 4.79 Å². The molecule has 0 aliphatic rings. The molecule has 0 saturated carbocycles. The van der Waals surface area contributed by atoms with E-state index < -0.39 is 0 Å². The fourth-order valence-corrected chi connectivity index (χ4v) is 2.25. The molecule has 3 rings (SSSR count). The first-order valence-electron chi connectivity index (χ1n) is 7.02. The molecule has 2 aromatic heterocycles. The Morgan fingerprint density at radius 3 is 2.77 bits per heavy atom. The molecule has 5 nitrogen and oxygen atoms in total. The number of hydrogen-bond donors (Lipinski definition) is 2. The van der Waals surface area contributed by atoms with Crippen molar-refractivity contribution in [3.63, 3.8) is 0 Å². The minimum Gasteiger partial charge on any atom is -0.358 e. The largest absolute Gasteiger partial charge is 0.358 e. The highest BCUT2D eigenvalue weighted by Crippen LogP contribution is 2.14. The van der Waals surface area contributed by atoms with Gasteiger partial charge in [0.25, 0.3) is 0 Å². The van der Waals surface area contributed by atoms with Crippen LogP contribution in [-0.4, -0.2) is 21.6 Å². The second kappa shape index (κ2) is 6.22. The molecule has 0 spiro atoms. The molecule has 110 valence electrons. The Bertz CT molecular complexity index is 788. The Morgan fingerprint density at radius 2 is 2.00 bits per heavy atom. The number of nitrogens with one attached hydrogen (secondary N) is 2. The second-order valence-corrected chi connectivity index (χ2v) is 5.03. The molecule has 1 aromatic carbocycles. The molecule has 0 atom stereocenters. The summed E-state index contributed by atoms with van der Waals surface area (Å²) in [4.78, 5) is 19.2. The van der Waals surface area contributed by atoms with E-state index in [0.717, 1.165) is 27.9 Å². The minimum atomic E-state index is -0.153. The molecular weight excluding hydrogens is 276 g/mol. The molecule has 22 heavy (non-hydrogen) atoms. The van der Waals surface area contributed by atoms with Crippen molar-refractivity contribution in [3.8, 4) is 0 Å². The predicted octanol–water partition coefficient (Wildman–Crippen LogP) is 2.65. The molecule has 2 N–H and O–H groups in total. The van der Waals surface area contributed by atoms with Gasteiger partial charge in [0.2, 0.25) is 5.91 Å². The lowest BCUT2D eigenvalue weighted by Crippen LogP contribution is -2.21. The first-order valence-corrected chi connectivity index (χ1v) is 7.02. The van der Waals surface area contributed by atoms with Gasteiger partial charge in [0, 0.05) is 29.2 Å². The van der Waals surface area contributed by atoms with E-state index >= 15 is 0 Å². The number of carbonyl (C=O) groups excluding carboxylic acids is 1. The van der Waals surface area contributed by atoms with Crippen molar-refractivity contribution in [2.45, 2.75) is 13.3 Å². The number of hydrazone groups is 1. The van der Waals surface area contributed by atoms with Crippen LogP contribution in [0, 0.1) is 0 Å². The number of fused-ring (bicyclic) bond motifs is 1. The van der Waals surface area contributed by atoms with Crippen molar-refractivity contribution in [2.24, 2.45) is 5.10 Å². The lowest BCUT2D eigenvalue weighted by molar-refractivity contribution is -0.120. The predicted molar refractivity (Wildman–Crippen MR) is 86.6 cm³/mol. The van der Waals surface area contributed by atoms with Crippen molar-refractivity contribution in [1.82, 2.24) is 15.4 Å². The van der Waals surface area contributed by atoms with E-state index in [2.05, 4.69) is 20.5 Å². The lowest BCUT2D eigenvalue weighted by Gasteiger charge is -2.02. The van der Waals surface area contributed by atoms with Gasteiger partial charge in [-0.25, -0.2) is 5.43 Å². The Labute approximate surface area is 128 Å². The van der Waals surface area contributed by atoms with Crippen molar-refractivity contribution < 1.29 is 4.79 Å². The van der Waals surface area contributed by atoms with Crippen LogP contribution in [0.4, 0.5) is 0 Å². The number of nitrogens with zero attached hydrogens (tertiary/aromatic N) is 2. The van der Waals surface area contributed by atoms with Crippen LogP contribution in [0.15, 0.2) is 60.0 Å². The van der Waals surface area contributed by atoms with E-state index in [-0.39, 0.29) is 12.3 Å². The third kappa shape index (κ3) is 3.20. The minimum absolute atomic E-state index is 0.153. The van der Waals surface area contributed by atoms with E-state index in [1.165, 1.54) is 0 Å². The molecule has 0 aliphatic carbocycles. The van der Waals surface area contributed by atoms with Crippen molar-refractivity contribution >= 4 is 22.5 Å². The van der Waals surface area contributed by atoms with Crippen LogP contribution >= 0.6 is 0 Å². The number of rotatable bonds is 4. The maximum Gasteiger partial charge on any atom is 0.245 e. The number of aromatic amines is 1. The van der Waals surface area contributed by atoms with Crippen LogP contribution < -0.4 is 5.43 Å². The zero-order valence-corrected chi connectivity index (χ0v) is 12.2. The maximum absolute atomic E-state index is 12.0. The first-order chi connectivity index (χ1) is 10.7. The smallest absolute Gasteiger partial charge is 0.245 e. The summed E-state index contributed by atoms with van der Waals surface area (Å²) in [5.41, 5.74) is 6.16. The van der Waals surface area contributed by atoms with Crippen molar-refractivity contribution in [1.29, 1.82) is 0 Å². The number of para-hydroxylation sites is 1. The highest BCUT2D eigenvalue weighted by atomic mass is 16.2. The second-order valence-electron chi connectivity index (χ2n) is 5.03. The highest BCUT2D eigenvalue weighted by Gasteiger charge is 2.06. The molecule has 0 aliphatic heterocycles. The summed E-state index contributed by atoms with van der Waals surface area (Å²) in [6.45, 7) is 1.85. The van der Waals surface area contributed by atoms with Crippen molar-refractivity contribution in [3.05, 3.63) is 66.1 Å². The Morgan fingerprint density at radius 1 is 1.23 bits per heavy atom. The molecule has 2 heterocycles. The summed E-state index contributed by atoms with van der Waals surface area (Å²) in [6.07, 6.45) is 3.66. The number of carbonyl (C=O) groups is 1. The fourth-order valence-electron chi connectivity index (χ4n) is 2.25. The van der Waals surface area contributed by atoms with Gasteiger partial charge >= 0.3 is 0 Å². The SMILES string of the molecule is C/C(=N\NC(=O)Cc1cc2ccccc2[nH]1)c1ccncc1.